The summed E-state index contributed by atoms with van der Waals surface area (Å²) in [5, 5.41) is 3.54. The van der Waals surface area contributed by atoms with Crippen molar-refractivity contribution in [2.45, 2.75) is 58.9 Å². The molecule has 2 heteroatoms. The van der Waals surface area contributed by atoms with Gasteiger partial charge in [-0.15, -0.1) is 0 Å². The Morgan fingerprint density at radius 1 is 1.11 bits per heavy atom. The first-order chi connectivity index (χ1) is 8.72. The zero-order valence-electron chi connectivity index (χ0n) is 12.6. The quantitative estimate of drug-likeness (QED) is 0.809. The molecule has 0 radical (unpaired) electrons. The van der Waals surface area contributed by atoms with Crippen LogP contribution in [0.3, 0.4) is 0 Å². The standard InChI is InChI=1S/C16H32N2/c1-4-17-12-15-7-8-16(15)18-10-5-6-14(9-11-18)13(2)3/h13-17H,4-12H2,1-3H3. The van der Waals surface area contributed by atoms with Crippen LogP contribution in [-0.4, -0.2) is 37.1 Å². The topological polar surface area (TPSA) is 15.3 Å². The van der Waals surface area contributed by atoms with Gasteiger partial charge < -0.3 is 10.2 Å². The maximum absolute atomic E-state index is 3.54. The van der Waals surface area contributed by atoms with E-state index in [1.54, 1.807) is 0 Å². The summed E-state index contributed by atoms with van der Waals surface area (Å²) in [6.45, 7) is 12.1. The maximum Gasteiger partial charge on any atom is 0.0136 e. The highest BCUT2D eigenvalue weighted by atomic mass is 15.2. The van der Waals surface area contributed by atoms with E-state index in [0.29, 0.717) is 0 Å². The van der Waals surface area contributed by atoms with Crippen LogP contribution in [0.4, 0.5) is 0 Å². The summed E-state index contributed by atoms with van der Waals surface area (Å²) in [5.41, 5.74) is 0. The molecule has 2 aliphatic rings. The molecule has 3 atom stereocenters. The highest BCUT2D eigenvalue weighted by molar-refractivity contribution is 4.91. The number of likely N-dealkylation sites (tertiary alicyclic amines) is 1. The predicted octanol–water partition coefficient (Wildman–Crippen LogP) is 3.13. The van der Waals surface area contributed by atoms with Crippen LogP contribution in [0.2, 0.25) is 0 Å². The lowest BCUT2D eigenvalue weighted by atomic mass is 9.78. The lowest BCUT2D eigenvalue weighted by Gasteiger charge is -2.44. The predicted molar refractivity (Wildman–Crippen MR) is 78.8 cm³/mol. The van der Waals surface area contributed by atoms with Gasteiger partial charge in [-0.2, -0.15) is 0 Å². The molecule has 0 spiro atoms. The van der Waals surface area contributed by atoms with Gasteiger partial charge in [0.05, 0.1) is 0 Å². The number of nitrogens with zero attached hydrogens (tertiary/aromatic N) is 1. The molecule has 1 aliphatic carbocycles. The fourth-order valence-corrected chi connectivity index (χ4v) is 3.74. The molecular formula is C16H32N2. The second-order valence-corrected chi connectivity index (χ2v) is 6.68. The van der Waals surface area contributed by atoms with Gasteiger partial charge in [0.2, 0.25) is 0 Å². The van der Waals surface area contributed by atoms with Crippen molar-refractivity contribution in [2.24, 2.45) is 17.8 Å². The third kappa shape index (κ3) is 3.48. The van der Waals surface area contributed by atoms with Gasteiger partial charge in [-0.25, -0.2) is 0 Å². The molecule has 1 saturated carbocycles. The Balaban J connectivity index is 1.79. The average Bonchev–Trinajstić information content (AvgIpc) is 2.54. The van der Waals surface area contributed by atoms with Crippen molar-refractivity contribution in [3.63, 3.8) is 0 Å². The smallest absolute Gasteiger partial charge is 0.0136 e. The Hall–Kier alpha value is -0.0800. The zero-order chi connectivity index (χ0) is 13.0. The van der Waals surface area contributed by atoms with E-state index < -0.39 is 0 Å². The summed E-state index contributed by atoms with van der Waals surface area (Å²) in [7, 11) is 0. The molecule has 3 unspecified atom stereocenters. The first-order valence-electron chi connectivity index (χ1n) is 8.17. The van der Waals surface area contributed by atoms with E-state index in [-0.39, 0.29) is 0 Å². The Labute approximate surface area is 114 Å². The van der Waals surface area contributed by atoms with Crippen LogP contribution in [0.1, 0.15) is 52.9 Å². The first-order valence-corrected chi connectivity index (χ1v) is 8.17. The van der Waals surface area contributed by atoms with E-state index in [1.807, 2.05) is 0 Å². The number of hydrogen-bond donors (Lipinski definition) is 1. The molecule has 2 rings (SSSR count). The highest BCUT2D eigenvalue weighted by Gasteiger charge is 2.35. The Morgan fingerprint density at radius 3 is 2.56 bits per heavy atom. The van der Waals surface area contributed by atoms with E-state index in [4.69, 9.17) is 0 Å². The van der Waals surface area contributed by atoms with Gasteiger partial charge in [0, 0.05) is 6.04 Å². The minimum absolute atomic E-state index is 0.879. The molecule has 0 aromatic heterocycles. The van der Waals surface area contributed by atoms with Gasteiger partial charge in [-0.05, 0) is 76.0 Å². The molecule has 0 bridgehead atoms. The third-order valence-electron chi connectivity index (χ3n) is 5.25. The largest absolute Gasteiger partial charge is 0.317 e. The van der Waals surface area contributed by atoms with Crippen LogP contribution in [0, 0.1) is 17.8 Å². The number of hydrogen-bond acceptors (Lipinski definition) is 2. The summed E-state index contributed by atoms with van der Waals surface area (Å²) >= 11 is 0. The van der Waals surface area contributed by atoms with Crippen LogP contribution in [0.25, 0.3) is 0 Å². The first kappa shape index (κ1) is 14.3. The molecule has 2 nitrogen and oxygen atoms in total. The van der Waals surface area contributed by atoms with Crippen LogP contribution in [0.5, 0.6) is 0 Å². The summed E-state index contributed by atoms with van der Waals surface area (Å²) in [4.78, 5) is 2.81. The van der Waals surface area contributed by atoms with Gasteiger partial charge in [-0.1, -0.05) is 20.8 Å². The van der Waals surface area contributed by atoms with Crippen LogP contribution >= 0.6 is 0 Å². The number of rotatable bonds is 5. The van der Waals surface area contributed by atoms with Crippen molar-refractivity contribution in [3.8, 4) is 0 Å². The molecule has 0 aromatic rings. The minimum Gasteiger partial charge on any atom is -0.317 e. The summed E-state index contributed by atoms with van der Waals surface area (Å²) in [6.07, 6.45) is 7.21. The molecule has 1 N–H and O–H groups in total. The van der Waals surface area contributed by atoms with E-state index in [9.17, 15) is 0 Å². The van der Waals surface area contributed by atoms with Crippen molar-refractivity contribution >= 4 is 0 Å². The Bertz CT molecular complexity index is 239. The van der Waals surface area contributed by atoms with Gasteiger partial charge in [0.15, 0.2) is 0 Å². The normalized spacial score (nSPS) is 34.3. The average molecular weight is 252 g/mol. The Kier molecular flexibility index (Phi) is 5.50. The van der Waals surface area contributed by atoms with Crippen molar-refractivity contribution in [3.05, 3.63) is 0 Å². The van der Waals surface area contributed by atoms with Crippen LogP contribution in [0.15, 0.2) is 0 Å². The van der Waals surface area contributed by atoms with Crippen molar-refractivity contribution in [1.82, 2.24) is 10.2 Å². The molecule has 1 aliphatic heterocycles. The third-order valence-corrected chi connectivity index (χ3v) is 5.25. The van der Waals surface area contributed by atoms with E-state index in [1.165, 1.54) is 51.7 Å². The molecule has 0 aromatic carbocycles. The minimum atomic E-state index is 0.879. The second kappa shape index (κ2) is 6.91. The van der Waals surface area contributed by atoms with Gasteiger partial charge in [0.1, 0.15) is 0 Å². The fraction of sp³-hybridized carbons (Fsp3) is 1.00. The SMILES string of the molecule is CCNCC1CCC1N1CCCC(C(C)C)CC1. The van der Waals surface area contributed by atoms with Gasteiger partial charge in [-0.3, -0.25) is 0 Å². The summed E-state index contributed by atoms with van der Waals surface area (Å²) in [6, 6.07) is 0.898. The van der Waals surface area contributed by atoms with E-state index in [0.717, 1.165) is 30.3 Å². The summed E-state index contributed by atoms with van der Waals surface area (Å²) in [5.74, 6) is 2.78. The molecule has 106 valence electrons. The molecule has 1 heterocycles. The monoisotopic (exact) mass is 252 g/mol. The van der Waals surface area contributed by atoms with Crippen molar-refractivity contribution < 1.29 is 0 Å². The second-order valence-electron chi connectivity index (χ2n) is 6.68. The lowest BCUT2D eigenvalue weighted by Crippen LogP contribution is -2.50. The lowest BCUT2D eigenvalue weighted by molar-refractivity contribution is 0.0635. The van der Waals surface area contributed by atoms with Crippen molar-refractivity contribution in [1.29, 1.82) is 0 Å². The molecule has 1 saturated heterocycles. The molecule has 18 heavy (non-hydrogen) atoms. The van der Waals surface area contributed by atoms with Crippen molar-refractivity contribution in [2.75, 3.05) is 26.2 Å². The maximum atomic E-state index is 3.54. The van der Waals surface area contributed by atoms with Crippen LogP contribution in [-0.2, 0) is 0 Å². The van der Waals surface area contributed by atoms with E-state index >= 15 is 0 Å². The Morgan fingerprint density at radius 2 is 1.94 bits per heavy atom. The number of nitrogens with one attached hydrogen (secondary N) is 1. The highest BCUT2D eigenvalue weighted by Crippen LogP contribution is 2.34. The van der Waals surface area contributed by atoms with Crippen LogP contribution < -0.4 is 5.32 Å². The van der Waals surface area contributed by atoms with E-state index in [2.05, 4.69) is 31.0 Å². The summed E-state index contributed by atoms with van der Waals surface area (Å²) < 4.78 is 0. The fourth-order valence-electron chi connectivity index (χ4n) is 3.74. The van der Waals surface area contributed by atoms with Gasteiger partial charge >= 0.3 is 0 Å². The molecular weight excluding hydrogens is 220 g/mol. The molecule has 2 fully saturated rings. The van der Waals surface area contributed by atoms with Gasteiger partial charge in [0.25, 0.3) is 0 Å². The zero-order valence-corrected chi connectivity index (χ0v) is 12.6. The molecule has 0 amide bonds.